The minimum absolute atomic E-state index is 0.163. The molecule has 104 valence electrons. The molecule has 0 aromatic heterocycles. The van der Waals surface area contributed by atoms with E-state index < -0.39 is 0 Å². The van der Waals surface area contributed by atoms with E-state index in [1.54, 1.807) is 6.07 Å². The van der Waals surface area contributed by atoms with E-state index in [-0.39, 0.29) is 11.9 Å². The van der Waals surface area contributed by atoms with Crippen molar-refractivity contribution in [1.82, 2.24) is 5.32 Å². The summed E-state index contributed by atoms with van der Waals surface area (Å²) < 4.78 is 19.0. The fraction of sp³-hybridized carbons (Fsp3) is 0.294. The maximum Gasteiger partial charge on any atom is 0.123 e. The van der Waals surface area contributed by atoms with Crippen LogP contribution in [0.3, 0.4) is 0 Å². The molecule has 0 unspecified atom stereocenters. The molecule has 1 atom stereocenters. The van der Waals surface area contributed by atoms with E-state index in [0.717, 1.165) is 24.3 Å². The Morgan fingerprint density at radius 2 is 1.95 bits per heavy atom. The predicted octanol–water partition coefficient (Wildman–Crippen LogP) is 3.23. The highest BCUT2D eigenvalue weighted by Gasteiger charge is 2.18. The first kappa shape index (κ1) is 13.1. The lowest BCUT2D eigenvalue weighted by molar-refractivity contribution is 0.256. The summed E-state index contributed by atoms with van der Waals surface area (Å²) in [5.41, 5.74) is 3.48. The Labute approximate surface area is 118 Å². The van der Waals surface area contributed by atoms with Crippen LogP contribution in [0.5, 0.6) is 5.75 Å². The molecule has 0 radical (unpaired) electrons. The number of aryl methyl sites for hydroxylation is 1. The van der Waals surface area contributed by atoms with Gasteiger partial charge in [-0.2, -0.15) is 0 Å². The second-order valence-electron chi connectivity index (χ2n) is 5.32. The van der Waals surface area contributed by atoms with Gasteiger partial charge in [-0.1, -0.05) is 23.8 Å². The van der Waals surface area contributed by atoms with Crippen LogP contribution in [0.25, 0.3) is 0 Å². The molecule has 1 N–H and O–H groups in total. The Hall–Kier alpha value is -1.87. The van der Waals surface area contributed by atoms with Gasteiger partial charge in [0.05, 0.1) is 0 Å². The highest BCUT2D eigenvalue weighted by Crippen LogP contribution is 2.19. The van der Waals surface area contributed by atoms with Crippen molar-refractivity contribution in [1.29, 1.82) is 0 Å². The number of hydrogen-bond donors (Lipinski definition) is 1. The zero-order valence-electron chi connectivity index (χ0n) is 11.5. The number of fused-ring (bicyclic) bond motifs is 1. The molecule has 20 heavy (non-hydrogen) atoms. The van der Waals surface area contributed by atoms with Crippen molar-refractivity contribution in [3.63, 3.8) is 0 Å². The molecule has 1 aliphatic heterocycles. The molecule has 0 aliphatic carbocycles. The smallest absolute Gasteiger partial charge is 0.123 e. The third kappa shape index (κ3) is 2.99. The van der Waals surface area contributed by atoms with Crippen LogP contribution in [0.1, 0.15) is 16.7 Å². The SMILES string of the molecule is Cc1ccc(OC[C@@H]2Cc3cc(F)ccc3CN2)cc1. The highest BCUT2D eigenvalue weighted by atomic mass is 19.1. The molecule has 0 fully saturated rings. The van der Waals surface area contributed by atoms with Crippen LogP contribution in [0.15, 0.2) is 42.5 Å². The first-order valence-electron chi connectivity index (χ1n) is 6.91. The van der Waals surface area contributed by atoms with Crippen molar-refractivity contribution in [2.45, 2.75) is 25.9 Å². The van der Waals surface area contributed by atoms with Gasteiger partial charge in [-0.15, -0.1) is 0 Å². The standard InChI is InChI=1S/C17H18FNO/c1-12-2-6-17(7-3-12)20-11-16-9-14-8-15(18)5-4-13(14)10-19-16/h2-8,16,19H,9-11H2,1H3/t16-/m0/s1. The average molecular weight is 271 g/mol. The van der Waals surface area contributed by atoms with E-state index in [2.05, 4.69) is 12.2 Å². The lowest BCUT2D eigenvalue weighted by Crippen LogP contribution is -2.40. The van der Waals surface area contributed by atoms with E-state index in [4.69, 9.17) is 4.74 Å². The molecule has 0 bridgehead atoms. The molecule has 0 saturated heterocycles. The molecule has 1 heterocycles. The van der Waals surface area contributed by atoms with Crippen molar-refractivity contribution in [2.75, 3.05) is 6.61 Å². The molecular formula is C17H18FNO. The summed E-state index contributed by atoms with van der Waals surface area (Å²) >= 11 is 0. The quantitative estimate of drug-likeness (QED) is 0.925. The number of hydrogen-bond acceptors (Lipinski definition) is 2. The van der Waals surface area contributed by atoms with E-state index in [9.17, 15) is 4.39 Å². The van der Waals surface area contributed by atoms with Crippen molar-refractivity contribution >= 4 is 0 Å². The maximum absolute atomic E-state index is 13.3. The first-order chi connectivity index (χ1) is 9.70. The van der Waals surface area contributed by atoms with Gasteiger partial charge in [0.1, 0.15) is 18.2 Å². The zero-order chi connectivity index (χ0) is 13.9. The lowest BCUT2D eigenvalue weighted by Gasteiger charge is -2.26. The molecule has 3 rings (SSSR count). The third-order valence-electron chi connectivity index (χ3n) is 3.69. The first-order valence-corrected chi connectivity index (χ1v) is 6.91. The zero-order valence-corrected chi connectivity index (χ0v) is 11.5. The van der Waals surface area contributed by atoms with E-state index in [1.165, 1.54) is 17.2 Å². The van der Waals surface area contributed by atoms with Gasteiger partial charge in [-0.25, -0.2) is 4.39 Å². The van der Waals surface area contributed by atoms with Crippen LogP contribution in [0, 0.1) is 12.7 Å². The number of ether oxygens (including phenoxy) is 1. The van der Waals surface area contributed by atoms with Crippen molar-refractivity contribution in [3.05, 3.63) is 65.0 Å². The predicted molar refractivity (Wildman–Crippen MR) is 77.4 cm³/mol. The van der Waals surface area contributed by atoms with Gasteiger partial charge in [0.15, 0.2) is 0 Å². The van der Waals surface area contributed by atoms with E-state index in [1.807, 2.05) is 30.3 Å². The number of benzene rings is 2. The number of halogens is 1. The van der Waals surface area contributed by atoms with Gasteiger partial charge < -0.3 is 10.1 Å². The van der Waals surface area contributed by atoms with E-state index in [0.29, 0.717) is 6.61 Å². The van der Waals surface area contributed by atoms with E-state index >= 15 is 0 Å². The Morgan fingerprint density at radius 3 is 2.75 bits per heavy atom. The molecule has 2 nitrogen and oxygen atoms in total. The molecule has 1 aliphatic rings. The largest absolute Gasteiger partial charge is 0.492 e. The maximum atomic E-state index is 13.3. The van der Waals surface area contributed by atoms with Crippen molar-refractivity contribution < 1.29 is 9.13 Å². The van der Waals surface area contributed by atoms with Crippen LogP contribution >= 0.6 is 0 Å². The van der Waals surface area contributed by atoms with Gasteiger partial charge in [0.25, 0.3) is 0 Å². The summed E-state index contributed by atoms with van der Waals surface area (Å²) in [7, 11) is 0. The Bertz CT molecular complexity index is 594. The van der Waals surface area contributed by atoms with Crippen LogP contribution in [-0.2, 0) is 13.0 Å². The molecule has 0 amide bonds. The summed E-state index contributed by atoms with van der Waals surface area (Å²) in [5, 5.41) is 3.43. The van der Waals surface area contributed by atoms with Gasteiger partial charge in [-0.05, 0) is 48.7 Å². The number of nitrogens with one attached hydrogen (secondary N) is 1. The lowest BCUT2D eigenvalue weighted by atomic mass is 9.96. The fourth-order valence-corrected chi connectivity index (χ4v) is 2.50. The van der Waals surface area contributed by atoms with Crippen molar-refractivity contribution in [2.24, 2.45) is 0 Å². The Morgan fingerprint density at radius 1 is 1.15 bits per heavy atom. The normalized spacial score (nSPS) is 17.6. The third-order valence-corrected chi connectivity index (χ3v) is 3.69. The van der Waals surface area contributed by atoms with Gasteiger partial charge in [0.2, 0.25) is 0 Å². The molecule has 3 heteroatoms. The van der Waals surface area contributed by atoms with Crippen molar-refractivity contribution in [3.8, 4) is 5.75 Å². The minimum atomic E-state index is -0.163. The van der Waals surface area contributed by atoms with Crippen LogP contribution in [0.4, 0.5) is 4.39 Å². The summed E-state index contributed by atoms with van der Waals surface area (Å²) in [6.07, 6.45) is 0.805. The highest BCUT2D eigenvalue weighted by molar-refractivity contribution is 5.31. The van der Waals surface area contributed by atoms with Gasteiger partial charge in [-0.3, -0.25) is 0 Å². The second kappa shape index (κ2) is 5.63. The molecule has 0 spiro atoms. The fourth-order valence-electron chi connectivity index (χ4n) is 2.50. The molecule has 0 saturated carbocycles. The van der Waals surface area contributed by atoms with Crippen LogP contribution in [0.2, 0.25) is 0 Å². The van der Waals surface area contributed by atoms with Gasteiger partial charge in [0, 0.05) is 12.6 Å². The Kier molecular flexibility index (Phi) is 3.70. The topological polar surface area (TPSA) is 21.3 Å². The average Bonchev–Trinajstić information content (AvgIpc) is 2.46. The minimum Gasteiger partial charge on any atom is -0.492 e. The Balaban J connectivity index is 1.61. The second-order valence-corrected chi connectivity index (χ2v) is 5.32. The summed E-state index contributed by atoms with van der Waals surface area (Å²) in [6, 6.07) is 13.3. The summed E-state index contributed by atoms with van der Waals surface area (Å²) in [4.78, 5) is 0. The number of rotatable bonds is 3. The molecule has 2 aromatic rings. The molecular weight excluding hydrogens is 253 g/mol. The summed E-state index contributed by atoms with van der Waals surface area (Å²) in [5.74, 6) is 0.714. The van der Waals surface area contributed by atoms with Crippen LogP contribution < -0.4 is 10.1 Å². The van der Waals surface area contributed by atoms with Crippen LogP contribution in [-0.4, -0.2) is 12.6 Å². The molecule has 2 aromatic carbocycles. The van der Waals surface area contributed by atoms with Gasteiger partial charge >= 0.3 is 0 Å². The monoisotopic (exact) mass is 271 g/mol. The summed E-state index contributed by atoms with van der Waals surface area (Å²) in [6.45, 7) is 3.43.